The summed E-state index contributed by atoms with van der Waals surface area (Å²) in [6.07, 6.45) is 0. The Morgan fingerprint density at radius 3 is 2.45 bits per heavy atom. The second-order valence-electron chi connectivity index (χ2n) is 6.91. The zero-order valence-electron chi connectivity index (χ0n) is 17.2. The quantitative estimate of drug-likeness (QED) is 0.234. The monoisotopic (exact) mass is 463 g/mol. The molecule has 0 atom stereocenters. The molecule has 0 bridgehead atoms. The molecular weight excluding hydrogens is 445 g/mol. The number of thioether (sulfide) groups is 1. The van der Waals surface area contributed by atoms with Crippen molar-refractivity contribution in [3.05, 3.63) is 112 Å². The van der Waals surface area contributed by atoms with E-state index in [4.69, 9.17) is 0 Å². The van der Waals surface area contributed by atoms with Crippen LogP contribution in [0, 0.1) is 15.9 Å². The van der Waals surface area contributed by atoms with Crippen molar-refractivity contribution >= 4 is 23.4 Å². The normalized spacial score (nSPS) is 10.7. The van der Waals surface area contributed by atoms with Crippen molar-refractivity contribution in [3.8, 4) is 5.69 Å². The lowest BCUT2D eigenvalue weighted by Gasteiger charge is -2.11. The average molecular weight is 463 g/mol. The molecule has 0 spiro atoms. The third-order valence-electron chi connectivity index (χ3n) is 4.79. The summed E-state index contributed by atoms with van der Waals surface area (Å²) >= 11 is 1.29. The molecule has 3 aromatic carbocycles. The van der Waals surface area contributed by atoms with Gasteiger partial charge in [-0.2, -0.15) is 0 Å². The van der Waals surface area contributed by atoms with Gasteiger partial charge in [0.15, 0.2) is 11.0 Å². The van der Waals surface area contributed by atoms with Gasteiger partial charge in [-0.15, -0.1) is 10.2 Å². The van der Waals surface area contributed by atoms with E-state index in [1.54, 1.807) is 28.8 Å². The minimum Gasteiger partial charge on any atom is -0.345 e. The number of para-hydroxylation sites is 2. The standard InChI is InChI=1S/C23H18FN5O3S/c24-19-12-6-5-11-18(19)22(30)25-14-21-26-27-23(28(21)17-9-2-1-3-10-17)33-15-16-8-4-7-13-20(16)29(31)32/h1-13H,14-15H2,(H,25,30). The Kier molecular flexibility index (Phi) is 6.75. The maximum atomic E-state index is 13.9. The number of halogens is 1. The number of carbonyl (C=O) groups is 1. The van der Waals surface area contributed by atoms with Crippen LogP contribution >= 0.6 is 11.8 Å². The molecule has 0 aliphatic rings. The lowest BCUT2D eigenvalue weighted by atomic mass is 10.2. The smallest absolute Gasteiger partial charge is 0.273 e. The molecule has 4 aromatic rings. The molecule has 0 saturated carbocycles. The van der Waals surface area contributed by atoms with Crippen LogP contribution < -0.4 is 5.32 Å². The van der Waals surface area contributed by atoms with Gasteiger partial charge in [-0.25, -0.2) is 4.39 Å². The Morgan fingerprint density at radius 1 is 1.00 bits per heavy atom. The third kappa shape index (κ3) is 5.07. The summed E-state index contributed by atoms with van der Waals surface area (Å²) in [6.45, 7) is 0.0150. The number of aromatic nitrogens is 3. The first-order chi connectivity index (χ1) is 16.0. The number of carbonyl (C=O) groups excluding carboxylic acids is 1. The molecule has 33 heavy (non-hydrogen) atoms. The average Bonchev–Trinajstić information content (AvgIpc) is 3.25. The summed E-state index contributed by atoms with van der Waals surface area (Å²) in [7, 11) is 0. The van der Waals surface area contributed by atoms with Gasteiger partial charge in [0.25, 0.3) is 11.6 Å². The molecule has 1 amide bonds. The molecule has 0 fully saturated rings. The molecule has 1 aromatic heterocycles. The van der Waals surface area contributed by atoms with E-state index >= 15 is 0 Å². The lowest BCUT2D eigenvalue weighted by Crippen LogP contribution is -2.25. The maximum Gasteiger partial charge on any atom is 0.273 e. The molecule has 1 N–H and O–H groups in total. The van der Waals surface area contributed by atoms with Crippen LogP contribution in [0.2, 0.25) is 0 Å². The molecule has 1 heterocycles. The minimum atomic E-state index is -0.611. The maximum absolute atomic E-state index is 13.9. The first-order valence-corrected chi connectivity index (χ1v) is 10.9. The van der Waals surface area contributed by atoms with E-state index in [0.717, 1.165) is 5.69 Å². The van der Waals surface area contributed by atoms with Crippen molar-refractivity contribution in [1.29, 1.82) is 0 Å². The van der Waals surface area contributed by atoms with Crippen molar-refractivity contribution in [2.45, 2.75) is 17.5 Å². The van der Waals surface area contributed by atoms with Crippen LogP contribution in [0.25, 0.3) is 5.69 Å². The highest BCUT2D eigenvalue weighted by Gasteiger charge is 2.19. The van der Waals surface area contributed by atoms with Crippen molar-refractivity contribution in [2.75, 3.05) is 0 Å². The van der Waals surface area contributed by atoms with Crippen LogP contribution in [0.15, 0.2) is 84.0 Å². The van der Waals surface area contributed by atoms with Crippen LogP contribution in [0.4, 0.5) is 10.1 Å². The molecule has 0 radical (unpaired) electrons. The number of nitrogens with one attached hydrogen (secondary N) is 1. The molecule has 0 unspecified atom stereocenters. The molecule has 0 saturated heterocycles. The fraction of sp³-hybridized carbons (Fsp3) is 0.0870. The SMILES string of the molecule is O=C(NCc1nnc(SCc2ccccc2[N+](=O)[O-])n1-c1ccccc1)c1ccccc1F. The highest BCUT2D eigenvalue weighted by atomic mass is 32.2. The summed E-state index contributed by atoms with van der Waals surface area (Å²) in [4.78, 5) is 23.3. The van der Waals surface area contributed by atoms with E-state index in [-0.39, 0.29) is 17.8 Å². The zero-order valence-corrected chi connectivity index (χ0v) is 18.0. The van der Waals surface area contributed by atoms with Crippen molar-refractivity contribution < 1.29 is 14.1 Å². The second-order valence-corrected chi connectivity index (χ2v) is 7.85. The van der Waals surface area contributed by atoms with Crippen LogP contribution in [-0.4, -0.2) is 25.6 Å². The Balaban J connectivity index is 1.58. The zero-order chi connectivity index (χ0) is 23.2. The van der Waals surface area contributed by atoms with Crippen LogP contribution in [-0.2, 0) is 12.3 Å². The van der Waals surface area contributed by atoms with Crippen molar-refractivity contribution in [1.82, 2.24) is 20.1 Å². The largest absolute Gasteiger partial charge is 0.345 e. The first kappa shape index (κ1) is 22.2. The van der Waals surface area contributed by atoms with Crippen molar-refractivity contribution in [3.63, 3.8) is 0 Å². The van der Waals surface area contributed by atoms with Crippen LogP contribution in [0.5, 0.6) is 0 Å². The summed E-state index contributed by atoms with van der Waals surface area (Å²) < 4.78 is 15.7. The van der Waals surface area contributed by atoms with Crippen LogP contribution in [0.3, 0.4) is 0 Å². The number of hydrogen-bond donors (Lipinski definition) is 1. The number of rotatable bonds is 8. The molecule has 0 aliphatic heterocycles. The predicted molar refractivity (Wildman–Crippen MR) is 122 cm³/mol. The van der Waals surface area contributed by atoms with Gasteiger partial charge in [0.1, 0.15) is 5.82 Å². The van der Waals surface area contributed by atoms with E-state index in [2.05, 4.69) is 15.5 Å². The van der Waals surface area contributed by atoms with Gasteiger partial charge >= 0.3 is 0 Å². The Hall–Kier alpha value is -4.05. The number of nitrogens with zero attached hydrogens (tertiary/aromatic N) is 4. The summed E-state index contributed by atoms with van der Waals surface area (Å²) in [5, 5.41) is 22.9. The highest BCUT2D eigenvalue weighted by molar-refractivity contribution is 7.98. The Bertz CT molecular complexity index is 1300. The second kappa shape index (κ2) is 10.0. The van der Waals surface area contributed by atoms with E-state index < -0.39 is 16.6 Å². The van der Waals surface area contributed by atoms with Crippen LogP contribution in [0.1, 0.15) is 21.7 Å². The number of nitro benzene ring substituents is 1. The van der Waals surface area contributed by atoms with Gasteiger partial charge in [-0.05, 0) is 24.3 Å². The number of nitro groups is 1. The molecule has 10 heteroatoms. The van der Waals surface area contributed by atoms with E-state index in [0.29, 0.717) is 22.3 Å². The lowest BCUT2D eigenvalue weighted by molar-refractivity contribution is -0.385. The van der Waals surface area contributed by atoms with E-state index in [1.807, 2.05) is 30.3 Å². The molecule has 166 valence electrons. The fourth-order valence-electron chi connectivity index (χ4n) is 3.20. The highest BCUT2D eigenvalue weighted by Crippen LogP contribution is 2.29. The topological polar surface area (TPSA) is 103 Å². The summed E-state index contributed by atoms with van der Waals surface area (Å²) in [5.74, 6) is -0.426. The van der Waals surface area contributed by atoms with Gasteiger partial charge in [0.05, 0.1) is 17.0 Å². The third-order valence-corrected chi connectivity index (χ3v) is 5.76. The van der Waals surface area contributed by atoms with Gasteiger partial charge in [0, 0.05) is 23.1 Å². The molecule has 0 aliphatic carbocycles. The molecule has 8 nitrogen and oxygen atoms in total. The van der Waals surface area contributed by atoms with Gasteiger partial charge < -0.3 is 5.32 Å². The predicted octanol–water partition coefficient (Wildman–Crippen LogP) is 4.54. The van der Waals surface area contributed by atoms with E-state index in [9.17, 15) is 19.3 Å². The fourth-order valence-corrected chi connectivity index (χ4v) is 4.17. The minimum absolute atomic E-state index is 0.0150. The van der Waals surface area contributed by atoms with Gasteiger partial charge in [-0.3, -0.25) is 19.5 Å². The Morgan fingerprint density at radius 2 is 1.70 bits per heavy atom. The van der Waals surface area contributed by atoms with E-state index in [1.165, 1.54) is 36.0 Å². The number of hydrogen-bond acceptors (Lipinski definition) is 6. The number of amides is 1. The van der Waals surface area contributed by atoms with Gasteiger partial charge in [0.2, 0.25) is 0 Å². The number of benzene rings is 3. The Labute approximate surface area is 192 Å². The first-order valence-electron chi connectivity index (χ1n) is 9.92. The van der Waals surface area contributed by atoms with Gasteiger partial charge in [-0.1, -0.05) is 60.3 Å². The summed E-state index contributed by atoms with van der Waals surface area (Å²) in [6, 6.07) is 21.5. The summed E-state index contributed by atoms with van der Waals surface area (Å²) in [5.41, 5.74) is 1.30. The molecular formula is C23H18FN5O3S. The van der Waals surface area contributed by atoms with Crippen molar-refractivity contribution in [2.24, 2.45) is 0 Å². The molecule has 4 rings (SSSR count).